The zero-order valence-electron chi connectivity index (χ0n) is 14.4. The number of carbonyl (C=O) groups is 2. The van der Waals surface area contributed by atoms with E-state index in [-0.39, 0.29) is 12.8 Å². The molecule has 0 aliphatic rings. The van der Waals surface area contributed by atoms with Crippen molar-refractivity contribution in [2.75, 3.05) is 13.2 Å². The third-order valence-corrected chi connectivity index (χ3v) is 4.69. The highest BCUT2D eigenvalue weighted by Gasteiger charge is 2.39. The van der Waals surface area contributed by atoms with Crippen LogP contribution in [-0.4, -0.2) is 25.2 Å². The molecule has 1 rings (SSSR count). The second kappa shape index (κ2) is 10.8. The molecule has 0 saturated heterocycles. The lowest BCUT2D eigenvalue weighted by molar-refractivity contribution is -0.147. The number of nitrogens with zero attached hydrogens (tertiary/aromatic N) is 1. The average Bonchev–Trinajstić information content (AvgIpc) is 3.09. The van der Waals surface area contributed by atoms with Crippen molar-refractivity contribution in [1.82, 2.24) is 0 Å². The molecule has 0 spiro atoms. The van der Waals surface area contributed by atoms with Gasteiger partial charge in [-0.3, -0.25) is 9.59 Å². The summed E-state index contributed by atoms with van der Waals surface area (Å²) >= 11 is 1.36. The highest BCUT2D eigenvalue weighted by atomic mass is 32.1. The van der Waals surface area contributed by atoms with Crippen molar-refractivity contribution in [1.29, 1.82) is 5.26 Å². The number of hydrogen-bond donors (Lipinski definition) is 0. The van der Waals surface area contributed by atoms with Crippen LogP contribution in [0.4, 0.5) is 0 Å². The first kappa shape index (κ1) is 20.2. The fourth-order valence-electron chi connectivity index (χ4n) is 2.18. The minimum absolute atomic E-state index is 0.142. The predicted molar refractivity (Wildman–Crippen MR) is 92.6 cm³/mol. The Morgan fingerprint density at radius 2 is 1.67 bits per heavy atom. The van der Waals surface area contributed by atoms with E-state index in [1.807, 2.05) is 19.2 Å². The van der Waals surface area contributed by atoms with Crippen molar-refractivity contribution in [2.45, 2.75) is 57.8 Å². The first-order valence-corrected chi connectivity index (χ1v) is 9.22. The summed E-state index contributed by atoms with van der Waals surface area (Å²) in [5, 5.41) is 11.6. The molecule has 132 valence electrons. The van der Waals surface area contributed by atoms with Crippen LogP contribution in [0.5, 0.6) is 0 Å². The van der Waals surface area contributed by atoms with Crippen LogP contribution in [0.1, 0.15) is 57.2 Å². The summed E-state index contributed by atoms with van der Waals surface area (Å²) in [4.78, 5) is 24.9. The summed E-state index contributed by atoms with van der Waals surface area (Å²) in [7, 11) is 0. The molecule has 0 N–H and O–H groups in total. The smallest absolute Gasteiger partial charge is 0.307 e. The molecule has 1 aromatic heterocycles. The lowest BCUT2D eigenvalue weighted by atomic mass is 9.81. The Kier molecular flexibility index (Phi) is 9.10. The molecule has 0 radical (unpaired) electrons. The van der Waals surface area contributed by atoms with Gasteiger partial charge in [0.2, 0.25) is 0 Å². The molecule has 0 aliphatic heterocycles. The molecule has 1 aromatic rings. The van der Waals surface area contributed by atoms with Crippen molar-refractivity contribution in [2.24, 2.45) is 0 Å². The van der Waals surface area contributed by atoms with E-state index in [0.29, 0.717) is 18.1 Å². The van der Waals surface area contributed by atoms with Crippen LogP contribution in [0, 0.1) is 11.3 Å². The number of esters is 2. The maximum atomic E-state index is 12.1. The first-order valence-electron chi connectivity index (χ1n) is 8.34. The van der Waals surface area contributed by atoms with E-state index in [1.54, 1.807) is 12.1 Å². The largest absolute Gasteiger partial charge is 0.466 e. The van der Waals surface area contributed by atoms with Crippen molar-refractivity contribution in [3.63, 3.8) is 0 Å². The predicted octanol–water partition coefficient (Wildman–Crippen LogP) is 3.98. The maximum Gasteiger partial charge on any atom is 0.307 e. The van der Waals surface area contributed by atoms with Gasteiger partial charge in [-0.1, -0.05) is 32.8 Å². The molecular formula is C18H25NO4S. The van der Waals surface area contributed by atoms with Gasteiger partial charge in [0.05, 0.1) is 32.1 Å². The SMILES string of the molecule is CCCCOC(=O)CC(C#N)(CC(=O)OCCCC)c1cccs1. The maximum absolute atomic E-state index is 12.1. The Bertz CT molecular complexity index is 524. The van der Waals surface area contributed by atoms with Crippen molar-refractivity contribution >= 4 is 23.3 Å². The minimum Gasteiger partial charge on any atom is -0.466 e. The van der Waals surface area contributed by atoms with Crippen LogP contribution in [0.3, 0.4) is 0 Å². The van der Waals surface area contributed by atoms with Gasteiger partial charge in [0.1, 0.15) is 5.41 Å². The Morgan fingerprint density at radius 3 is 2.04 bits per heavy atom. The molecule has 0 bridgehead atoms. The van der Waals surface area contributed by atoms with Crippen LogP contribution in [0.25, 0.3) is 0 Å². The number of carbonyl (C=O) groups excluding carboxylic acids is 2. The molecule has 6 heteroatoms. The normalized spacial score (nSPS) is 10.9. The molecule has 1 heterocycles. The third-order valence-electron chi connectivity index (χ3n) is 3.62. The quantitative estimate of drug-likeness (QED) is 0.445. The fraction of sp³-hybridized carbons (Fsp3) is 0.611. The van der Waals surface area contributed by atoms with Crippen LogP contribution in [-0.2, 0) is 24.5 Å². The second-order valence-corrected chi connectivity index (χ2v) is 6.62. The van der Waals surface area contributed by atoms with Gasteiger partial charge in [0, 0.05) is 4.88 Å². The van der Waals surface area contributed by atoms with Crippen molar-refractivity contribution < 1.29 is 19.1 Å². The molecule has 0 unspecified atom stereocenters. The van der Waals surface area contributed by atoms with Gasteiger partial charge in [0.25, 0.3) is 0 Å². The Morgan fingerprint density at radius 1 is 1.12 bits per heavy atom. The van der Waals surface area contributed by atoms with E-state index < -0.39 is 17.4 Å². The first-order chi connectivity index (χ1) is 11.6. The number of hydrogen-bond acceptors (Lipinski definition) is 6. The summed E-state index contributed by atoms with van der Waals surface area (Å²) in [6.07, 6.45) is 3.12. The van der Waals surface area contributed by atoms with Crippen LogP contribution in [0.15, 0.2) is 17.5 Å². The van der Waals surface area contributed by atoms with Gasteiger partial charge in [-0.05, 0) is 24.3 Å². The van der Waals surface area contributed by atoms with Crippen molar-refractivity contribution in [3.8, 4) is 6.07 Å². The highest BCUT2D eigenvalue weighted by molar-refractivity contribution is 7.10. The lowest BCUT2D eigenvalue weighted by Gasteiger charge is -2.23. The fourth-order valence-corrected chi connectivity index (χ4v) is 3.05. The lowest BCUT2D eigenvalue weighted by Crippen LogP contribution is -2.31. The summed E-state index contributed by atoms with van der Waals surface area (Å²) < 4.78 is 10.4. The van der Waals surface area contributed by atoms with E-state index >= 15 is 0 Å². The standard InChI is InChI=1S/C18H25NO4S/c1-3-5-9-22-16(20)12-18(14-19,15-8-7-11-24-15)13-17(21)23-10-6-4-2/h7-8,11H,3-6,9-10,12-13H2,1-2H3. The average molecular weight is 351 g/mol. The van der Waals surface area contributed by atoms with E-state index in [1.165, 1.54) is 11.3 Å². The summed E-state index contributed by atoms with van der Waals surface area (Å²) in [5.74, 6) is -0.917. The Balaban J connectivity index is 2.82. The number of thiophene rings is 1. The molecule has 0 atom stereocenters. The van der Waals surface area contributed by atoms with Crippen LogP contribution in [0.2, 0.25) is 0 Å². The number of ether oxygens (including phenoxy) is 2. The van der Waals surface area contributed by atoms with Gasteiger partial charge < -0.3 is 9.47 Å². The summed E-state index contributed by atoms with van der Waals surface area (Å²) in [5.41, 5.74) is -1.22. The molecule has 0 aliphatic carbocycles. The molecule has 5 nitrogen and oxygen atoms in total. The van der Waals surface area contributed by atoms with Crippen LogP contribution >= 0.6 is 11.3 Å². The monoisotopic (exact) mass is 351 g/mol. The number of rotatable bonds is 11. The van der Waals surface area contributed by atoms with Crippen LogP contribution < -0.4 is 0 Å². The van der Waals surface area contributed by atoms with Gasteiger partial charge in [-0.15, -0.1) is 11.3 Å². The molecule has 0 saturated carbocycles. The molecule has 0 aromatic carbocycles. The van der Waals surface area contributed by atoms with Gasteiger partial charge >= 0.3 is 11.9 Å². The van der Waals surface area contributed by atoms with E-state index in [9.17, 15) is 14.9 Å². The zero-order valence-corrected chi connectivity index (χ0v) is 15.2. The number of nitriles is 1. The second-order valence-electron chi connectivity index (χ2n) is 5.67. The Hall–Kier alpha value is -1.87. The molecule has 24 heavy (non-hydrogen) atoms. The van der Waals surface area contributed by atoms with E-state index in [2.05, 4.69) is 6.07 Å². The minimum atomic E-state index is -1.22. The zero-order chi connectivity index (χ0) is 17.8. The number of unbranched alkanes of at least 4 members (excludes halogenated alkanes) is 2. The summed E-state index contributed by atoms with van der Waals surface area (Å²) in [6, 6.07) is 5.74. The molecule has 0 fully saturated rings. The summed E-state index contributed by atoms with van der Waals surface area (Å²) in [6.45, 7) is 4.68. The van der Waals surface area contributed by atoms with Gasteiger partial charge in [-0.2, -0.15) is 5.26 Å². The third kappa shape index (κ3) is 6.32. The topological polar surface area (TPSA) is 76.4 Å². The molecule has 0 amide bonds. The van der Waals surface area contributed by atoms with E-state index in [0.717, 1.165) is 25.7 Å². The Labute approximate surface area is 147 Å². The van der Waals surface area contributed by atoms with Gasteiger partial charge in [-0.25, -0.2) is 0 Å². The van der Waals surface area contributed by atoms with E-state index in [4.69, 9.17) is 9.47 Å². The van der Waals surface area contributed by atoms with Gasteiger partial charge in [0.15, 0.2) is 0 Å². The highest BCUT2D eigenvalue weighted by Crippen LogP contribution is 2.35. The molecular weight excluding hydrogens is 326 g/mol. The van der Waals surface area contributed by atoms with Crippen molar-refractivity contribution in [3.05, 3.63) is 22.4 Å².